The molecule has 7 nitrogen and oxygen atoms in total. The molecule has 0 spiro atoms. The number of rotatable bonds is 6. The number of nitrogen functional groups attached to an aromatic ring is 1. The Morgan fingerprint density at radius 2 is 1.71 bits per heavy atom. The Kier molecular flexibility index (Phi) is 6.19. The molecular formula is C14H20N4O3. The Labute approximate surface area is 123 Å². The Hall–Kier alpha value is -2.57. The highest BCUT2D eigenvalue weighted by molar-refractivity contribution is 5.96. The number of hydrogen-bond acceptors (Lipinski definition) is 4. The summed E-state index contributed by atoms with van der Waals surface area (Å²) in [6.07, 6.45) is 0.227. The minimum absolute atomic E-state index is 0.0683. The third-order valence-electron chi connectivity index (χ3n) is 2.74. The molecule has 7 heteroatoms. The summed E-state index contributed by atoms with van der Waals surface area (Å²) in [5, 5.41) is 5.06. The average molecular weight is 292 g/mol. The molecule has 1 aromatic carbocycles. The van der Waals surface area contributed by atoms with Gasteiger partial charge in [0, 0.05) is 38.3 Å². The summed E-state index contributed by atoms with van der Waals surface area (Å²) >= 11 is 0. The summed E-state index contributed by atoms with van der Waals surface area (Å²) in [6.45, 7) is 0.104. The highest BCUT2D eigenvalue weighted by Crippen LogP contribution is 2.04. The number of benzene rings is 1. The smallest absolute Gasteiger partial charge is 0.251 e. The molecule has 0 aliphatic heterocycles. The number of nitrogens with zero attached hydrogens (tertiary/aromatic N) is 1. The van der Waals surface area contributed by atoms with Crippen molar-refractivity contribution in [3.63, 3.8) is 0 Å². The summed E-state index contributed by atoms with van der Waals surface area (Å²) in [7, 11) is 3.30. The van der Waals surface area contributed by atoms with Crippen molar-refractivity contribution in [1.82, 2.24) is 15.5 Å². The zero-order valence-electron chi connectivity index (χ0n) is 12.2. The van der Waals surface area contributed by atoms with Gasteiger partial charge in [0.15, 0.2) is 0 Å². The van der Waals surface area contributed by atoms with Gasteiger partial charge in [0.2, 0.25) is 11.8 Å². The van der Waals surface area contributed by atoms with Gasteiger partial charge in [-0.2, -0.15) is 0 Å². The average Bonchev–Trinajstić information content (AvgIpc) is 2.45. The molecule has 4 N–H and O–H groups in total. The fourth-order valence-electron chi connectivity index (χ4n) is 1.49. The largest absolute Gasteiger partial charge is 0.399 e. The van der Waals surface area contributed by atoms with Crippen molar-refractivity contribution < 1.29 is 14.4 Å². The number of nitrogens with two attached hydrogens (primary N) is 1. The predicted molar refractivity (Wildman–Crippen MR) is 79.5 cm³/mol. The van der Waals surface area contributed by atoms with Gasteiger partial charge in [0.1, 0.15) is 0 Å². The van der Waals surface area contributed by atoms with E-state index in [0.29, 0.717) is 11.3 Å². The van der Waals surface area contributed by atoms with Crippen LogP contribution in [-0.4, -0.2) is 49.8 Å². The second-order valence-electron chi connectivity index (χ2n) is 4.69. The Morgan fingerprint density at radius 3 is 2.29 bits per heavy atom. The molecule has 0 aromatic heterocycles. The van der Waals surface area contributed by atoms with Crippen molar-refractivity contribution in [2.24, 2.45) is 0 Å². The monoisotopic (exact) mass is 292 g/mol. The van der Waals surface area contributed by atoms with Gasteiger partial charge in [0.05, 0.1) is 6.54 Å². The van der Waals surface area contributed by atoms with E-state index in [0.717, 1.165) is 0 Å². The molecule has 0 saturated heterocycles. The molecule has 1 rings (SSSR count). The molecule has 0 unspecified atom stereocenters. The summed E-state index contributed by atoms with van der Waals surface area (Å²) in [4.78, 5) is 36.0. The molecule has 0 radical (unpaired) electrons. The first-order chi connectivity index (χ1) is 9.90. The summed E-state index contributed by atoms with van der Waals surface area (Å²) < 4.78 is 0. The van der Waals surface area contributed by atoms with Crippen molar-refractivity contribution >= 4 is 23.4 Å². The maximum Gasteiger partial charge on any atom is 0.251 e. The summed E-state index contributed by atoms with van der Waals surface area (Å²) in [5.74, 6) is -0.763. The van der Waals surface area contributed by atoms with E-state index < -0.39 is 0 Å². The molecule has 0 aliphatic carbocycles. The normalized spacial score (nSPS) is 9.81. The van der Waals surface area contributed by atoms with Crippen molar-refractivity contribution in [2.75, 3.05) is 32.9 Å². The van der Waals surface area contributed by atoms with Crippen molar-refractivity contribution in [3.8, 4) is 0 Å². The molecule has 0 fully saturated rings. The zero-order valence-corrected chi connectivity index (χ0v) is 12.2. The van der Waals surface area contributed by atoms with Crippen LogP contribution in [0.25, 0.3) is 0 Å². The van der Waals surface area contributed by atoms with Gasteiger partial charge < -0.3 is 21.3 Å². The lowest BCUT2D eigenvalue weighted by molar-refractivity contribution is -0.128. The quantitative estimate of drug-likeness (QED) is 0.620. The van der Waals surface area contributed by atoms with Crippen LogP contribution >= 0.6 is 0 Å². The molecule has 21 heavy (non-hydrogen) atoms. The van der Waals surface area contributed by atoms with E-state index in [1.165, 1.54) is 4.90 Å². The maximum atomic E-state index is 11.7. The van der Waals surface area contributed by atoms with Crippen LogP contribution in [0.3, 0.4) is 0 Å². The number of hydrogen-bond donors (Lipinski definition) is 3. The summed E-state index contributed by atoms with van der Waals surface area (Å²) in [5.41, 5.74) is 6.52. The van der Waals surface area contributed by atoms with Crippen LogP contribution in [0.1, 0.15) is 16.8 Å². The molecule has 0 heterocycles. The second kappa shape index (κ2) is 7.88. The molecule has 3 amide bonds. The number of amides is 3. The first-order valence-electron chi connectivity index (χ1n) is 6.50. The molecule has 0 atom stereocenters. The number of carbonyl (C=O) groups excluding carboxylic acids is 3. The lowest BCUT2D eigenvalue weighted by Crippen LogP contribution is -2.38. The number of nitrogens with one attached hydrogen (secondary N) is 2. The van der Waals surface area contributed by atoms with Crippen molar-refractivity contribution in [3.05, 3.63) is 29.8 Å². The van der Waals surface area contributed by atoms with Gasteiger partial charge in [-0.3, -0.25) is 14.4 Å². The molecular weight excluding hydrogens is 272 g/mol. The third kappa shape index (κ3) is 5.94. The molecule has 0 saturated carbocycles. The number of carbonyl (C=O) groups is 3. The minimum Gasteiger partial charge on any atom is -0.399 e. The van der Waals surface area contributed by atoms with E-state index in [1.54, 1.807) is 38.4 Å². The number of anilines is 1. The van der Waals surface area contributed by atoms with Gasteiger partial charge in [-0.05, 0) is 24.3 Å². The minimum atomic E-state index is -0.352. The Balaban J connectivity index is 2.28. The standard InChI is InChI=1S/C14H20N4O3/c1-18(2)13(20)7-8-16-12(19)9-17-14(21)10-3-5-11(15)6-4-10/h3-6H,7-9,15H2,1-2H3,(H,16,19)(H,17,21). The second-order valence-corrected chi connectivity index (χ2v) is 4.69. The third-order valence-corrected chi connectivity index (χ3v) is 2.74. The Bertz CT molecular complexity index is 511. The first kappa shape index (κ1) is 16.5. The van der Waals surface area contributed by atoms with Crippen LogP contribution < -0.4 is 16.4 Å². The molecule has 0 aliphatic rings. The lowest BCUT2D eigenvalue weighted by Gasteiger charge is -2.10. The van der Waals surface area contributed by atoms with Crippen LogP contribution in [0.2, 0.25) is 0 Å². The summed E-state index contributed by atoms with van der Waals surface area (Å²) in [6, 6.07) is 6.39. The highest BCUT2D eigenvalue weighted by atomic mass is 16.2. The topological polar surface area (TPSA) is 105 Å². The van der Waals surface area contributed by atoms with Gasteiger partial charge >= 0.3 is 0 Å². The van der Waals surface area contributed by atoms with E-state index >= 15 is 0 Å². The van der Waals surface area contributed by atoms with E-state index in [1.807, 2.05) is 0 Å². The van der Waals surface area contributed by atoms with E-state index in [9.17, 15) is 14.4 Å². The van der Waals surface area contributed by atoms with E-state index in [-0.39, 0.29) is 37.2 Å². The van der Waals surface area contributed by atoms with Crippen LogP contribution in [0.15, 0.2) is 24.3 Å². The fraction of sp³-hybridized carbons (Fsp3) is 0.357. The zero-order chi connectivity index (χ0) is 15.8. The fourth-order valence-corrected chi connectivity index (χ4v) is 1.49. The predicted octanol–water partition coefficient (Wildman–Crippen LogP) is -0.407. The van der Waals surface area contributed by atoms with Crippen LogP contribution in [0, 0.1) is 0 Å². The van der Waals surface area contributed by atoms with Crippen molar-refractivity contribution in [2.45, 2.75) is 6.42 Å². The van der Waals surface area contributed by atoms with Crippen LogP contribution in [0.4, 0.5) is 5.69 Å². The SMILES string of the molecule is CN(C)C(=O)CCNC(=O)CNC(=O)c1ccc(N)cc1. The lowest BCUT2D eigenvalue weighted by atomic mass is 10.2. The van der Waals surface area contributed by atoms with Crippen molar-refractivity contribution in [1.29, 1.82) is 0 Å². The van der Waals surface area contributed by atoms with Gasteiger partial charge in [-0.15, -0.1) is 0 Å². The maximum absolute atomic E-state index is 11.7. The van der Waals surface area contributed by atoms with Gasteiger partial charge in [0.25, 0.3) is 5.91 Å². The Morgan fingerprint density at radius 1 is 1.10 bits per heavy atom. The molecule has 0 bridgehead atoms. The highest BCUT2D eigenvalue weighted by Gasteiger charge is 2.08. The molecule has 114 valence electrons. The van der Waals surface area contributed by atoms with Crippen LogP contribution in [0.5, 0.6) is 0 Å². The van der Waals surface area contributed by atoms with E-state index in [2.05, 4.69) is 10.6 Å². The van der Waals surface area contributed by atoms with Gasteiger partial charge in [-0.1, -0.05) is 0 Å². The molecule has 1 aromatic rings. The first-order valence-corrected chi connectivity index (χ1v) is 6.50. The van der Waals surface area contributed by atoms with Crippen LogP contribution in [-0.2, 0) is 9.59 Å². The van der Waals surface area contributed by atoms with Gasteiger partial charge in [-0.25, -0.2) is 0 Å². The van der Waals surface area contributed by atoms with E-state index in [4.69, 9.17) is 5.73 Å².